The Bertz CT molecular complexity index is 628. The number of carbonyl (C=O) groups is 2. The number of hydrogen-bond donors (Lipinski definition) is 1. The molecule has 1 aromatic carbocycles. The average molecular weight is 262 g/mol. The van der Waals surface area contributed by atoms with Crippen LogP contribution in [0.2, 0.25) is 0 Å². The zero-order chi connectivity index (χ0) is 13.8. The molecule has 0 aliphatic heterocycles. The van der Waals surface area contributed by atoms with Gasteiger partial charge in [-0.25, -0.2) is 23.9 Å². The second-order valence-electron chi connectivity index (χ2n) is 3.41. The molecule has 0 saturated heterocycles. The molecule has 6 nitrogen and oxygen atoms in total. The Morgan fingerprint density at radius 1 is 1.16 bits per heavy atom. The van der Waals surface area contributed by atoms with E-state index in [1.165, 1.54) is 12.1 Å². The second-order valence-corrected chi connectivity index (χ2v) is 3.41. The first-order valence-electron chi connectivity index (χ1n) is 5.10. The number of ether oxygens (including phenoxy) is 1. The molecular formula is C12H7FN2O4. The Hall–Kier alpha value is -2.83. The van der Waals surface area contributed by atoms with E-state index in [2.05, 4.69) is 9.97 Å². The summed E-state index contributed by atoms with van der Waals surface area (Å²) in [6.45, 7) is 0. The summed E-state index contributed by atoms with van der Waals surface area (Å²) in [5.74, 6) is -2.95. The normalized spacial score (nSPS) is 9.95. The zero-order valence-corrected chi connectivity index (χ0v) is 9.41. The van der Waals surface area contributed by atoms with Crippen molar-refractivity contribution in [1.29, 1.82) is 0 Å². The minimum absolute atomic E-state index is 0.107. The van der Waals surface area contributed by atoms with Crippen LogP contribution in [-0.2, 0) is 0 Å². The highest BCUT2D eigenvalue weighted by atomic mass is 19.1. The summed E-state index contributed by atoms with van der Waals surface area (Å²) >= 11 is 0. The molecule has 0 unspecified atom stereocenters. The fraction of sp³-hybridized carbons (Fsp3) is 0. The smallest absolute Gasteiger partial charge is 0.381 e. The molecule has 1 heterocycles. The van der Waals surface area contributed by atoms with E-state index in [-0.39, 0.29) is 17.3 Å². The van der Waals surface area contributed by atoms with E-state index in [0.29, 0.717) is 0 Å². The van der Waals surface area contributed by atoms with Gasteiger partial charge in [-0.15, -0.1) is 0 Å². The molecule has 1 N–H and O–H groups in total. The van der Waals surface area contributed by atoms with Gasteiger partial charge in [0.25, 0.3) is 0 Å². The van der Waals surface area contributed by atoms with Crippen LogP contribution < -0.4 is 4.74 Å². The predicted octanol–water partition coefficient (Wildman–Crippen LogP) is 1.53. The Balaban J connectivity index is 2.18. The van der Waals surface area contributed by atoms with Crippen molar-refractivity contribution in [2.75, 3.05) is 0 Å². The third kappa shape index (κ3) is 3.09. The molecular weight excluding hydrogens is 255 g/mol. The van der Waals surface area contributed by atoms with Crippen LogP contribution in [0, 0.1) is 5.82 Å². The second kappa shape index (κ2) is 5.21. The van der Waals surface area contributed by atoms with Gasteiger partial charge in [-0.3, -0.25) is 0 Å². The van der Waals surface area contributed by atoms with Crippen LogP contribution in [0.1, 0.15) is 21.1 Å². The van der Waals surface area contributed by atoms with Crippen LogP contribution in [-0.4, -0.2) is 27.0 Å². The van der Waals surface area contributed by atoms with Crippen molar-refractivity contribution >= 4 is 11.9 Å². The monoisotopic (exact) mass is 262 g/mol. The molecule has 0 aliphatic rings. The number of halogens is 1. The molecule has 96 valence electrons. The average Bonchev–Trinajstić information content (AvgIpc) is 2.41. The lowest BCUT2D eigenvalue weighted by Gasteiger charge is -2.03. The summed E-state index contributed by atoms with van der Waals surface area (Å²) in [4.78, 5) is 29.5. The van der Waals surface area contributed by atoms with Crippen LogP contribution in [0.15, 0.2) is 36.5 Å². The number of nitrogens with zero attached hydrogens (tertiary/aromatic N) is 2. The minimum atomic E-state index is -1.28. The van der Waals surface area contributed by atoms with Crippen molar-refractivity contribution in [1.82, 2.24) is 9.97 Å². The molecule has 0 saturated carbocycles. The summed E-state index contributed by atoms with van der Waals surface area (Å²) in [6.07, 6.45) is 1.14. The van der Waals surface area contributed by atoms with Gasteiger partial charge >= 0.3 is 11.9 Å². The van der Waals surface area contributed by atoms with Crippen LogP contribution in [0.4, 0.5) is 4.39 Å². The number of esters is 1. The first-order valence-corrected chi connectivity index (χ1v) is 5.10. The zero-order valence-electron chi connectivity index (χ0n) is 9.41. The lowest BCUT2D eigenvalue weighted by Crippen LogP contribution is -2.15. The summed E-state index contributed by atoms with van der Waals surface area (Å²) in [5, 5.41) is 8.73. The summed E-state index contributed by atoms with van der Waals surface area (Å²) in [6, 6.07) is 5.91. The molecule has 0 radical (unpaired) electrons. The molecule has 0 atom stereocenters. The molecule has 7 heteroatoms. The topological polar surface area (TPSA) is 89.4 Å². The lowest BCUT2D eigenvalue weighted by molar-refractivity contribution is 0.0688. The molecule has 0 spiro atoms. The van der Waals surface area contributed by atoms with Crippen molar-refractivity contribution in [3.63, 3.8) is 0 Å². The van der Waals surface area contributed by atoms with E-state index in [9.17, 15) is 14.0 Å². The summed E-state index contributed by atoms with van der Waals surface area (Å²) < 4.78 is 17.5. The highest BCUT2D eigenvalue weighted by molar-refractivity contribution is 5.90. The van der Waals surface area contributed by atoms with Gasteiger partial charge < -0.3 is 9.84 Å². The number of rotatable bonds is 3. The quantitative estimate of drug-likeness (QED) is 0.666. The van der Waals surface area contributed by atoms with Crippen molar-refractivity contribution in [3.05, 3.63) is 53.9 Å². The maximum atomic E-state index is 12.7. The standard InChI is InChI=1S/C12H7FN2O4/c13-7-1-3-8(4-2-7)19-12(18)10-14-6-5-9(15-10)11(16)17/h1-6H,(H,16,17). The fourth-order valence-electron chi connectivity index (χ4n) is 1.23. The Labute approximate surface area is 106 Å². The maximum Gasteiger partial charge on any atom is 0.381 e. The van der Waals surface area contributed by atoms with Gasteiger partial charge in [0.2, 0.25) is 5.82 Å². The molecule has 0 fully saturated rings. The van der Waals surface area contributed by atoms with Gasteiger partial charge in [-0.1, -0.05) is 0 Å². The van der Waals surface area contributed by atoms with E-state index < -0.39 is 17.8 Å². The van der Waals surface area contributed by atoms with Gasteiger partial charge in [0.05, 0.1) is 0 Å². The first kappa shape index (κ1) is 12.6. The van der Waals surface area contributed by atoms with Crippen LogP contribution in [0.5, 0.6) is 5.75 Å². The molecule has 0 bridgehead atoms. The van der Waals surface area contributed by atoms with E-state index in [1.54, 1.807) is 0 Å². The number of carboxylic acids is 1. The number of carbonyl (C=O) groups excluding carboxylic acids is 1. The van der Waals surface area contributed by atoms with Gasteiger partial charge in [-0.05, 0) is 30.3 Å². The molecule has 1 aromatic heterocycles. The Morgan fingerprint density at radius 2 is 1.84 bits per heavy atom. The van der Waals surface area contributed by atoms with Gasteiger partial charge in [0.15, 0.2) is 5.69 Å². The van der Waals surface area contributed by atoms with Crippen molar-refractivity contribution in [2.24, 2.45) is 0 Å². The summed E-state index contributed by atoms with van der Waals surface area (Å²) in [5.41, 5.74) is -0.318. The number of carboxylic acid groups (broad SMARTS) is 1. The van der Waals surface area contributed by atoms with Crippen LogP contribution >= 0.6 is 0 Å². The minimum Gasteiger partial charge on any atom is -0.477 e. The molecule has 2 aromatic rings. The third-order valence-corrected chi connectivity index (χ3v) is 2.08. The molecule has 0 aliphatic carbocycles. The van der Waals surface area contributed by atoms with E-state index >= 15 is 0 Å². The molecule has 2 rings (SSSR count). The van der Waals surface area contributed by atoms with Crippen LogP contribution in [0.3, 0.4) is 0 Å². The van der Waals surface area contributed by atoms with E-state index in [1.807, 2.05) is 0 Å². The largest absolute Gasteiger partial charge is 0.477 e. The van der Waals surface area contributed by atoms with E-state index in [0.717, 1.165) is 24.4 Å². The highest BCUT2D eigenvalue weighted by Gasteiger charge is 2.15. The third-order valence-electron chi connectivity index (χ3n) is 2.08. The number of aromatic nitrogens is 2. The van der Waals surface area contributed by atoms with Crippen molar-refractivity contribution in [2.45, 2.75) is 0 Å². The molecule has 19 heavy (non-hydrogen) atoms. The SMILES string of the molecule is O=C(O)c1ccnc(C(=O)Oc2ccc(F)cc2)n1. The maximum absolute atomic E-state index is 12.7. The van der Waals surface area contributed by atoms with Gasteiger partial charge in [-0.2, -0.15) is 0 Å². The number of hydrogen-bond acceptors (Lipinski definition) is 5. The lowest BCUT2D eigenvalue weighted by atomic mass is 10.3. The first-order chi connectivity index (χ1) is 9.06. The number of benzene rings is 1. The Kier molecular flexibility index (Phi) is 3.46. The van der Waals surface area contributed by atoms with E-state index in [4.69, 9.17) is 9.84 Å². The fourth-order valence-corrected chi connectivity index (χ4v) is 1.23. The van der Waals surface area contributed by atoms with Crippen molar-refractivity contribution in [3.8, 4) is 5.75 Å². The highest BCUT2D eigenvalue weighted by Crippen LogP contribution is 2.12. The molecule has 0 amide bonds. The van der Waals surface area contributed by atoms with Gasteiger partial charge in [0.1, 0.15) is 11.6 Å². The van der Waals surface area contributed by atoms with Gasteiger partial charge in [0, 0.05) is 6.20 Å². The van der Waals surface area contributed by atoms with Crippen LogP contribution in [0.25, 0.3) is 0 Å². The summed E-state index contributed by atoms with van der Waals surface area (Å²) in [7, 11) is 0. The Morgan fingerprint density at radius 3 is 2.47 bits per heavy atom. The van der Waals surface area contributed by atoms with Crippen molar-refractivity contribution < 1.29 is 23.8 Å². The number of aromatic carboxylic acids is 1. The predicted molar refractivity (Wildman–Crippen MR) is 60.3 cm³/mol.